The number of anilines is 1. The lowest BCUT2D eigenvalue weighted by Gasteiger charge is -2.14. The first kappa shape index (κ1) is 13.9. The molecule has 1 N–H and O–H groups in total. The Labute approximate surface area is 126 Å². The molecule has 0 aliphatic heterocycles. The molecule has 3 heteroatoms. The van der Waals surface area contributed by atoms with Crippen molar-refractivity contribution in [3.05, 3.63) is 42.1 Å². The third-order valence-corrected chi connectivity index (χ3v) is 4.10. The summed E-state index contributed by atoms with van der Waals surface area (Å²) in [5.74, 6) is 1.82. The maximum Gasteiger partial charge on any atom is 0.133 e. The molecule has 1 aliphatic rings. The van der Waals surface area contributed by atoms with Gasteiger partial charge in [0.05, 0.1) is 7.11 Å². The van der Waals surface area contributed by atoms with Crippen molar-refractivity contribution in [2.45, 2.75) is 32.1 Å². The zero-order chi connectivity index (χ0) is 14.5. The summed E-state index contributed by atoms with van der Waals surface area (Å²) in [6.07, 6.45) is 10.6. The van der Waals surface area contributed by atoms with Crippen LogP contribution >= 0.6 is 0 Å². The van der Waals surface area contributed by atoms with Crippen molar-refractivity contribution < 1.29 is 4.74 Å². The minimum Gasteiger partial charge on any atom is -0.497 e. The highest BCUT2D eigenvalue weighted by Gasteiger charge is 2.06. The highest BCUT2D eigenvalue weighted by Crippen LogP contribution is 2.26. The minimum atomic E-state index is 0.869. The maximum absolute atomic E-state index is 5.31. The highest BCUT2D eigenvalue weighted by molar-refractivity contribution is 5.92. The van der Waals surface area contributed by atoms with E-state index >= 15 is 0 Å². The Morgan fingerprint density at radius 3 is 3.00 bits per heavy atom. The highest BCUT2D eigenvalue weighted by atomic mass is 16.5. The molecule has 1 aliphatic carbocycles. The molecule has 0 spiro atoms. The van der Waals surface area contributed by atoms with E-state index in [1.807, 2.05) is 24.4 Å². The molecule has 0 radical (unpaired) electrons. The van der Waals surface area contributed by atoms with Crippen molar-refractivity contribution >= 4 is 16.6 Å². The summed E-state index contributed by atoms with van der Waals surface area (Å²) < 4.78 is 5.31. The number of aromatic nitrogens is 1. The maximum atomic E-state index is 5.31. The van der Waals surface area contributed by atoms with Crippen molar-refractivity contribution in [1.82, 2.24) is 4.98 Å². The average Bonchev–Trinajstić information content (AvgIpc) is 2.55. The third-order valence-electron chi connectivity index (χ3n) is 4.10. The molecule has 3 rings (SSSR count). The van der Waals surface area contributed by atoms with E-state index in [1.165, 1.54) is 31.1 Å². The number of ether oxygens (including phenoxy) is 1. The van der Waals surface area contributed by atoms with Gasteiger partial charge in [-0.25, -0.2) is 4.98 Å². The Balaban J connectivity index is 1.72. The Morgan fingerprint density at radius 1 is 1.24 bits per heavy atom. The lowest BCUT2D eigenvalue weighted by atomic mass is 9.97. The Kier molecular flexibility index (Phi) is 4.39. The molecular weight excluding hydrogens is 260 g/mol. The first-order valence-electron chi connectivity index (χ1n) is 7.71. The van der Waals surface area contributed by atoms with Crippen LogP contribution in [0.3, 0.4) is 0 Å². The third kappa shape index (κ3) is 3.35. The summed E-state index contributed by atoms with van der Waals surface area (Å²) in [5.41, 5.74) is 1.59. The number of benzene rings is 1. The quantitative estimate of drug-likeness (QED) is 0.817. The minimum absolute atomic E-state index is 0.869. The molecule has 0 amide bonds. The summed E-state index contributed by atoms with van der Waals surface area (Å²) in [5, 5.41) is 5.78. The fraction of sp³-hybridized carbons (Fsp3) is 0.389. The van der Waals surface area contributed by atoms with Crippen LogP contribution in [-0.4, -0.2) is 18.6 Å². The largest absolute Gasteiger partial charge is 0.497 e. The van der Waals surface area contributed by atoms with Gasteiger partial charge in [0.1, 0.15) is 11.6 Å². The SMILES string of the molecule is COc1ccc2ccnc(NCCC3=CCCCC3)c2c1. The Bertz CT molecular complexity index is 649. The number of hydrogen-bond donors (Lipinski definition) is 1. The van der Waals surface area contributed by atoms with E-state index in [2.05, 4.69) is 22.4 Å². The first-order valence-corrected chi connectivity index (χ1v) is 7.71. The zero-order valence-electron chi connectivity index (χ0n) is 12.6. The van der Waals surface area contributed by atoms with Crippen LogP contribution < -0.4 is 10.1 Å². The second kappa shape index (κ2) is 6.61. The van der Waals surface area contributed by atoms with Crippen molar-refractivity contribution in [1.29, 1.82) is 0 Å². The summed E-state index contributed by atoms with van der Waals surface area (Å²) in [6.45, 7) is 0.940. The Morgan fingerprint density at radius 2 is 2.19 bits per heavy atom. The Hall–Kier alpha value is -2.03. The van der Waals surface area contributed by atoms with Gasteiger partial charge >= 0.3 is 0 Å². The molecule has 0 atom stereocenters. The number of pyridine rings is 1. The molecule has 3 nitrogen and oxygen atoms in total. The topological polar surface area (TPSA) is 34.1 Å². The van der Waals surface area contributed by atoms with Crippen LogP contribution in [0.2, 0.25) is 0 Å². The molecule has 0 saturated heterocycles. The van der Waals surface area contributed by atoms with Crippen LogP contribution in [0.1, 0.15) is 32.1 Å². The number of methoxy groups -OCH3 is 1. The van der Waals surface area contributed by atoms with Crippen molar-refractivity contribution in [3.63, 3.8) is 0 Å². The van der Waals surface area contributed by atoms with Gasteiger partial charge in [0.25, 0.3) is 0 Å². The van der Waals surface area contributed by atoms with Crippen LogP contribution in [0.4, 0.5) is 5.82 Å². The molecule has 2 aromatic rings. The molecule has 0 bridgehead atoms. The van der Waals surface area contributed by atoms with E-state index in [0.717, 1.165) is 29.9 Å². The van der Waals surface area contributed by atoms with Gasteiger partial charge in [-0.3, -0.25) is 0 Å². The van der Waals surface area contributed by atoms with Crippen LogP contribution in [-0.2, 0) is 0 Å². The second-order valence-electron chi connectivity index (χ2n) is 5.53. The second-order valence-corrected chi connectivity index (χ2v) is 5.53. The normalized spacial score (nSPS) is 14.8. The summed E-state index contributed by atoms with van der Waals surface area (Å²) >= 11 is 0. The first-order chi connectivity index (χ1) is 10.4. The van der Waals surface area contributed by atoms with Gasteiger partial charge in [-0.2, -0.15) is 0 Å². The van der Waals surface area contributed by atoms with E-state index in [4.69, 9.17) is 4.74 Å². The van der Waals surface area contributed by atoms with Crippen LogP contribution in [0.15, 0.2) is 42.1 Å². The molecular formula is C18H22N2O. The number of nitrogens with one attached hydrogen (secondary N) is 1. The van der Waals surface area contributed by atoms with Gasteiger partial charge in [-0.15, -0.1) is 0 Å². The number of rotatable bonds is 5. The smallest absolute Gasteiger partial charge is 0.133 e. The molecule has 0 saturated carbocycles. The molecule has 0 unspecified atom stereocenters. The summed E-state index contributed by atoms with van der Waals surface area (Å²) in [7, 11) is 1.69. The summed E-state index contributed by atoms with van der Waals surface area (Å²) in [6, 6.07) is 8.14. The van der Waals surface area contributed by atoms with Gasteiger partial charge in [0.2, 0.25) is 0 Å². The predicted octanol–water partition coefficient (Wildman–Crippen LogP) is 4.55. The van der Waals surface area contributed by atoms with Crippen LogP contribution in [0, 0.1) is 0 Å². The number of allylic oxidation sites excluding steroid dienone is 1. The van der Waals surface area contributed by atoms with Gasteiger partial charge < -0.3 is 10.1 Å². The van der Waals surface area contributed by atoms with E-state index < -0.39 is 0 Å². The molecule has 21 heavy (non-hydrogen) atoms. The van der Waals surface area contributed by atoms with Gasteiger partial charge in [-0.05, 0) is 55.7 Å². The fourth-order valence-electron chi connectivity index (χ4n) is 2.89. The van der Waals surface area contributed by atoms with E-state index in [-0.39, 0.29) is 0 Å². The zero-order valence-corrected chi connectivity index (χ0v) is 12.6. The van der Waals surface area contributed by atoms with Crippen LogP contribution in [0.5, 0.6) is 5.75 Å². The van der Waals surface area contributed by atoms with E-state index in [0.29, 0.717) is 0 Å². The molecule has 0 fully saturated rings. The number of fused-ring (bicyclic) bond motifs is 1. The fourth-order valence-corrected chi connectivity index (χ4v) is 2.89. The average molecular weight is 282 g/mol. The van der Waals surface area contributed by atoms with Crippen molar-refractivity contribution in [3.8, 4) is 5.75 Å². The van der Waals surface area contributed by atoms with Gasteiger partial charge in [0.15, 0.2) is 0 Å². The lowest BCUT2D eigenvalue weighted by Crippen LogP contribution is -2.06. The van der Waals surface area contributed by atoms with Crippen molar-refractivity contribution in [2.24, 2.45) is 0 Å². The number of hydrogen-bond acceptors (Lipinski definition) is 3. The monoisotopic (exact) mass is 282 g/mol. The summed E-state index contributed by atoms with van der Waals surface area (Å²) in [4.78, 5) is 4.48. The standard InChI is InChI=1S/C18H22N2O/c1-21-16-8-7-15-10-12-20-18(17(15)13-16)19-11-9-14-5-3-2-4-6-14/h5,7-8,10,12-13H,2-4,6,9,11H2,1H3,(H,19,20). The molecule has 1 aromatic heterocycles. The molecule has 110 valence electrons. The molecule has 1 aromatic carbocycles. The van der Waals surface area contributed by atoms with E-state index in [9.17, 15) is 0 Å². The van der Waals surface area contributed by atoms with Crippen molar-refractivity contribution in [2.75, 3.05) is 19.0 Å². The number of nitrogens with zero attached hydrogens (tertiary/aromatic N) is 1. The van der Waals surface area contributed by atoms with Gasteiger partial charge in [0, 0.05) is 18.1 Å². The molecule has 1 heterocycles. The van der Waals surface area contributed by atoms with Gasteiger partial charge in [-0.1, -0.05) is 17.7 Å². The van der Waals surface area contributed by atoms with Crippen LogP contribution in [0.25, 0.3) is 10.8 Å². The van der Waals surface area contributed by atoms with E-state index in [1.54, 1.807) is 12.7 Å². The lowest BCUT2D eigenvalue weighted by molar-refractivity contribution is 0.415. The predicted molar refractivity (Wildman–Crippen MR) is 88.0 cm³/mol.